The van der Waals surface area contributed by atoms with Crippen LogP contribution in [0.15, 0.2) is 91.0 Å². The molecule has 0 radical (unpaired) electrons. The molecule has 3 aromatic carbocycles. The molecule has 0 aliphatic carbocycles. The highest BCUT2D eigenvalue weighted by atomic mass is 16.5. The number of rotatable bonds is 12. The Bertz CT molecular complexity index is 1530. The van der Waals surface area contributed by atoms with Crippen LogP contribution >= 0.6 is 0 Å². The third kappa shape index (κ3) is 14.2. The summed E-state index contributed by atoms with van der Waals surface area (Å²) < 4.78 is 15.0. The van der Waals surface area contributed by atoms with Crippen LogP contribution < -0.4 is 16.0 Å². The molecule has 4 rings (SSSR count). The first-order valence-electron chi connectivity index (χ1n) is 19.1. The number of urea groups is 3. The van der Waals surface area contributed by atoms with Gasteiger partial charge in [-0.25, -0.2) is 28.8 Å². The fourth-order valence-corrected chi connectivity index (χ4v) is 6.58. The van der Waals surface area contributed by atoms with Gasteiger partial charge < -0.3 is 44.9 Å². The Morgan fingerprint density at radius 1 is 0.439 bits per heavy atom. The van der Waals surface area contributed by atoms with Gasteiger partial charge in [0.05, 0.1) is 21.3 Å². The third-order valence-corrected chi connectivity index (χ3v) is 9.63. The van der Waals surface area contributed by atoms with Crippen molar-refractivity contribution in [2.45, 2.75) is 56.7 Å². The molecule has 1 aliphatic heterocycles. The van der Waals surface area contributed by atoms with E-state index in [2.05, 4.69) is 16.0 Å². The second-order valence-corrected chi connectivity index (χ2v) is 13.7. The van der Waals surface area contributed by atoms with Crippen molar-refractivity contribution >= 4 is 36.0 Å². The molecule has 1 fully saturated rings. The van der Waals surface area contributed by atoms with Gasteiger partial charge in [0.2, 0.25) is 0 Å². The lowest BCUT2D eigenvalue weighted by Gasteiger charge is -2.32. The summed E-state index contributed by atoms with van der Waals surface area (Å²) in [5.41, 5.74) is 2.50. The Morgan fingerprint density at radius 3 is 0.877 bits per heavy atom. The normalized spacial score (nSPS) is 15.3. The first-order valence-corrected chi connectivity index (χ1v) is 19.1. The first kappa shape index (κ1) is 43.6. The molecule has 0 bridgehead atoms. The smallest absolute Gasteiger partial charge is 0.328 e. The molecule has 6 amide bonds. The molecule has 3 atom stereocenters. The van der Waals surface area contributed by atoms with E-state index >= 15 is 0 Å². The highest BCUT2D eigenvalue weighted by Gasteiger charge is 2.29. The third-order valence-electron chi connectivity index (χ3n) is 9.63. The van der Waals surface area contributed by atoms with Crippen LogP contribution in [0.3, 0.4) is 0 Å². The van der Waals surface area contributed by atoms with Crippen LogP contribution in [0.5, 0.6) is 0 Å². The molecule has 0 saturated carbocycles. The van der Waals surface area contributed by atoms with Gasteiger partial charge in [-0.1, -0.05) is 91.0 Å². The SMILES string of the molecule is COC(=O)[C@H](Cc1ccccc1)NC(=O)N1CCCN(C(=O)N[C@@H](Cc2ccccc2)C(=O)OC)CCCN(C(=O)N[C@@H](Cc2ccccc2)C(=O)OC)CCC1. The summed E-state index contributed by atoms with van der Waals surface area (Å²) in [4.78, 5) is 84.6. The van der Waals surface area contributed by atoms with Gasteiger partial charge in [-0.2, -0.15) is 0 Å². The van der Waals surface area contributed by atoms with Gasteiger partial charge in [-0.15, -0.1) is 0 Å². The van der Waals surface area contributed by atoms with E-state index in [0.29, 0.717) is 19.3 Å². The Morgan fingerprint density at radius 2 is 0.667 bits per heavy atom. The van der Waals surface area contributed by atoms with Crippen LogP contribution in [0.4, 0.5) is 14.4 Å². The summed E-state index contributed by atoms with van der Waals surface area (Å²) in [6, 6.07) is 23.3. The average molecular weight is 787 g/mol. The fraction of sp³-hybridized carbons (Fsp3) is 0.429. The highest BCUT2D eigenvalue weighted by molar-refractivity contribution is 5.85. The minimum absolute atomic E-state index is 0.212. The number of nitrogens with one attached hydrogen (secondary N) is 3. The van der Waals surface area contributed by atoms with Crippen molar-refractivity contribution in [3.8, 4) is 0 Å². The predicted molar refractivity (Wildman–Crippen MR) is 212 cm³/mol. The molecule has 0 unspecified atom stereocenters. The molecule has 15 heteroatoms. The van der Waals surface area contributed by atoms with Crippen LogP contribution in [0.1, 0.15) is 36.0 Å². The highest BCUT2D eigenvalue weighted by Crippen LogP contribution is 2.12. The number of nitrogens with zero attached hydrogens (tertiary/aromatic N) is 3. The summed E-state index contributed by atoms with van der Waals surface area (Å²) in [6.45, 7) is 1.29. The predicted octanol–water partition coefficient (Wildman–Crippen LogP) is 3.56. The van der Waals surface area contributed by atoms with Gasteiger partial charge in [-0.05, 0) is 36.0 Å². The lowest BCUT2D eigenvalue weighted by molar-refractivity contribution is -0.143. The number of benzene rings is 3. The fourth-order valence-electron chi connectivity index (χ4n) is 6.58. The number of esters is 3. The second kappa shape index (κ2) is 23.1. The maximum absolute atomic E-state index is 13.8. The number of hydrogen-bond acceptors (Lipinski definition) is 9. The van der Waals surface area contributed by atoms with E-state index in [1.807, 2.05) is 91.0 Å². The van der Waals surface area contributed by atoms with Gasteiger partial charge in [0, 0.05) is 58.5 Å². The quantitative estimate of drug-likeness (QED) is 0.183. The number of amides is 6. The summed E-state index contributed by atoms with van der Waals surface area (Å²) >= 11 is 0. The van der Waals surface area contributed by atoms with Crippen molar-refractivity contribution in [3.63, 3.8) is 0 Å². The van der Waals surface area contributed by atoms with Crippen LogP contribution in [-0.4, -0.2) is 129 Å². The Hall–Kier alpha value is -6.12. The lowest BCUT2D eigenvalue weighted by Crippen LogP contribution is -2.53. The first-order chi connectivity index (χ1) is 27.6. The number of carbonyl (C=O) groups excluding carboxylic acids is 6. The van der Waals surface area contributed by atoms with Gasteiger partial charge in [0.1, 0.15) is 18.1 Å². The summed E-state index contributed by atoms with van der Waals surface area (Å²) in [6.07, 6.45) is 1.79. The topological polar surface area (TPSA) is 176 Å². The van der Waals surface area contributed by atoms with Crippen molar-refractivity contribution in [3.05, 3.63) is 108 Å². The zero-order valence-corrected chi connectivity index (χ0v) is 32.9. The number of hydrogen-bond donors (Lipinski definition) is 3. The Balaban J connectivity index is 1.54. The van der Waals surface area contributed by atoms with Gasteiger partial charge in [-0.3, -0.25) is 0 Å². The second-order valence-electron chi connectivity index (χ2n) is 13.7. The van der Waals surface area contributed by atoms with Crippen LogP contribution in [0.25, 0.3) is 0 Å². The van der Waals surface area contributed by atoms with Crippen LogP contribution in [0.2, 0.25) is 0 Å². The number of carbonyl (C=O) groups is 6. The van der Waals surface area contributed by atoms with Crippen LogP contribution in [-0.2, 0) is 47.9 Å². The Labute approximate surface area is 334 Å². The lowest BCUT2D eigenvalue weighted by atomic mass is 10.1. The average Bonchev–Trinajstić information content (AvgIpc) is 3.23. The van der Waals surface area contributed by atoms with Gasteiger partial charge in [0.15, 0.2) is 0 Å². The zero-order chi connectivity index (χ0) is 41.0. The van der Waals surface area contributed by atoms with Crippen molar-refractivity contribution in [1.82, 2.24) is 30.7 Å². The van der Waals surface area contributed by atoms with Crippen molar-refractivity contribution in [2.24, 2.45) is 0 Å². The van der Waals surface area contributed by atoms with Crippen molar-refractivity contribution < 1.29 is 43.0 Å². The minimum atomic E-state index is -0.962. The molecule has 1 heterocycles. The van der Waals surface area contributed by atoms with E-state index in [1.54, 1.807) is 14.7 Å². The van der Waals surface area contributed by atoms with E-state index in [-0.39, 0.29) is 58.5 Å². The molecule has 0 spiro atoms. The maximum Gasteiger partial charge on any atom is 0.328 e. The van der Waals surface area contributed by atoms with Gasteiger partial charge in [0.25, 0.3) is 0 Å². The summed E-state index contributed by atoms with van der Waals surface area (Å²) in [5, 5.41) is 8.48. The molecule has 0 aromatic heterocycles. The van der Waals surface area contributed by atoms with Crippen molar-refractivity contribution in [2.75, 3.05) is 60.6 Å². The molecule has 306 valence electrons. The molecule has 57 heavy (non-hydrogen) atoms. The zero-order valence-electron chi connectivity index (χ0n) is 32.9. The monoisotopic (exact) mass is 786 g/mol. The van der Waals surface area contributed by atoms with Crippen molar-refractivity contribution in [1.29, 1.82) is 0 Å². The van der Waals surface area contributed by atoms with Gasteiger partial charge >= 0.3 is 36.0 Å². The largest absolute Gasteiger partial charge is 0.467 e. The molecule has 1 aliphatic rings. The summed E-state index contributed by atoms with van der Waals surface area (Å²) in [7, 11) is 3.78. The molecule has 1 saturated heterocycles. The molecule has 15 nitrogen and oxygen atoms in total. The molecular formula is C42H54N6O9. The molecular weight excluding hydrogens is 732 g/mol. The number of methoxy groups -OCH3 is 3. The van der Waals surface area contributed by atoms with Crippen LogP contribution in [0, 0.1) is 0 Å². The van der Waals surface area contributed by atoms with E-state index in [9.17, 15) is 28.8 Å². The number of ether oxygens (including phenoxy) is 3. The summed E-state index contributed by atoms with van der Waals surface area (Å²) in [5.74, 6) is -1.80. The maximum atomic E-state index is 13.8. The van der Waals surface area contributed by atoms with E-state index < -0.39 is 54.1 Å². The minimum Gasteiger partial charge on any atom is -0.467 e. The van der Waals surface area contributed by atoms with E-state index in [4.69, 9.17) is 14.2 Å². The van der Waals surface area contributed by atoms with E-state index in [1.165, 1.54) is 21.3 Å². The Kier molecular flexibility index (Phi) is 17.6. The molecule has 3 aromatic rings. The standard InChI is InChI=1S/C42H54N6O9/c1-55-37(49)34(28-31-16-7-4-8-17-31)43-40(52)46-22-13-24-47(41(53)44-35(38(50)56-2)29-32-18-9-5-10-19-32)26-15-27-48(25-14-23-46)42(54)45-36(39(51)57-3)30-33-20-11-6-12-21-33/h4-12,16-21,34-36H,13-15,22-30H2,1-3H3,(H,43,52)(H,44,53)(H,45,54)/t34-,35-,36-/m0/s1. The van der Waals surface area contributed by atoms with E-state index in [0.717, 1.165) is 16.7 Å². The molecule has 3 N–H and O–H groups in total.